The van der Waals surface area contributed by atoms with Crippen LogP contribution in [0.5, 0.6) is 0 Å². The van der Waals surface area contributed by atoms with Gasteiger partial charge in [0, 0.05) is 4.47 Å². The molecule has 0 bridgehead atoms. The Morgan fingerprint density at radius 1 is 1.14 bits per heavy atom. The normalized spacial score (nSPS) is 10.2. The summed E-state index contributed by atoms with van der Waals surface area (Å²) in [7, 11) is 0. The summed E-state index contributed by atoms with van der Waals surface area (Å²) in [6.45, 7) is 0. The first-order chi connectivity index (χ1) is 9.90. The van der Waals surface area contributed by atoms with Crippen LogP contribution in [-0.2, 0) is 0 Å². The summed E-state index contributed by atoms with van der Waals surface area (Å²) in [6, 6.07) is 6.86. The number of halogens is 3. The van der Waals surface area contributed by atoms with E-state index in [4.69, 9.17) is 5.11 Å². The van der Waals surface area contributed by atoms with E-state index in [1.807, 2.05) is 0 Å². The van der Waals surface area contributed by atoms with Gasteiger partial charge in [0.15, 0.2) is 0 Å². The fraction of sp³-hybridized carbons (Fsp3) is 0. The molecule has 0 aliphatic carbocycles. The quantitative estimate of drug-likeness (QED) is 0.882. The van der Waals surface area contributed by atoms with E-state index >= 15 is 0 Å². The molecule has 0 radical (unpaired) electrons. The van der Waals surface area contributed by atoms with Crippen LogP contribution in [0.3, 0.4) is 0 Å². The van der Waals surface area contributed by atoms with Gasteiger partial charge in [0.2, 0.25) is 0 Å². The predicted octanol–water partition coefficient (Wildman–Crippen LogP) is 3.68. The van der Waals surface area contributed by atoms with Gasteiger partial charge in [-0.2, -0.15) is 0 Å². The summed E-state index contributed by atoms with van der Waals surface area (Å²) in [5, 5.41) is 11.2. The van der Waals surface area contributed by atoms with Gasteiger partial charge < -0.3 is 10.4 Å². The van der Waals surface area contributed by atoms with Gasteiger partial charge in [-0.15, -0.1) is 0 Å². The number of carboxylic acid groups (broad SMARTS) is 1. The second-order valence-electron chi connectivity index (χ2n) is 4.05. The molecule has 0 aliphatic rings. The third kappa shape index (κ3) is 3.25. The number of carbonyl (C=O) groups is 2. The lowest BCUT2D eigenvalue weighted by Gasteiger charge is -2.10. The van der Waals surface area contributed by atoms with Crippen LogP contribution in [0, 0.1) is 11.6 Å². The predicted molar refractivity (Wildman–Crippen MR) is 75.4 cm³/mol. The highest BCUT2D eigenvalue weighted by Crippen LogP contribution is 2.23. The SMILES string of the molecule is O=C(O)c1cc(F)ccc1NC(=O)c1c(F)cccc1Br. The van der Waals surface area contributed by atoms with Crippen molar-refractivity contribution in [2.75, 3.05) is 5.32 Å². The molecule has 0 spiro atoms. The van der Waals surface area contributed by atoms with E-state index < -0.39 is 29.1 Å². The standard InChI is InChI=1S/C14H8BrF2NO3/c15-9-2-1-3-10(17)12(9)13(19)18-11-5-4-7(16)6-8(11)14(20)21/h1-6H,(H,18,19)(H,20,21). The number of aromatic carboxylic acids is 1. The molecular weight excluding hydrogens is 348 g/mol. The van der Waals surface area contributed by atoms with Crippen molar-refractivity contribution >= 4 is 33.5 Å². The van der Waals surface area contributed by atoms with Crippen molar-refractivity contribution in [2.24, 2.45) is 0 Å². The van der Waals surface area contributed by atoms with Crippen molar-refractivity contribution in [3.05, 3.63) is 63.6 Å². The van der Waals surface area contributed by atoms with E-state index in [0.717, 1.165) is 24.3 Å². The van der Waals surface area contributed by atoms with Crippen LogP contribution in [0.15, 0.2) is 40.9 Å². The smallest absolute Gasteiger partial charge is 0.337 e. The largest absolute Gasteiger partial charge is 0.478 e. The van der Waals surface area contributed by atoms with Gasteiger partial charge in [-0.1, -0.05) is 6.07 Å². The number of benzene rings is 2. The Morgan fingerprint density at radius 2 is 1.86 bits per heavy atom. The molecule has 7 heteroatoms. The molecule has 0 saturated heterocycles. The molecule has 2 aromatic carbocycles. The molecule has 108 valence electrons. The van der Waals surface area contributed by atoms with Gasteiger partial charge in [-0.3, -0.25) is 4.79 Å². The monoisotopic (exact) mass is 355 g/mol. The fourth-order valence-electron chi connectivity index (χ4n) is 1.70. The minimum atomic E-state index is -1.41. The van der Waals surface area contributed by atoms with E-state index in [1.165, 1.54) is 12.1 Å². The molecule has 0 aromatic heterocycles. The first-order valence-corrected chi connectivity index (χ1v) is 6.47. The second kappa shape index (κ2) is 6.01. The minimum absolute atomic E-state index is 0.121. The molecule has 2 N–H and O–H groups in total. The number of carbonyl (C=O) groups excluding carboxylic acids is 1. The molecule has 21 heavy (non-hydrogen) atoms. The van der Waals surface area contributed by atoms with Crippen molar-refractivity contribution in [3.63, 3.8) is 0 Å². The fourth-order valence-corrected chi connectivity index (χ4v) is 2.22. The zero-order valence-corrected chi connectivity index (χ0v) is 11.9. The molecule has 2 aromatic rings. The number of nitrogens with one attached hydrogen (secondary N) is 1. The first kappa shape index (κ1) is 15.1. The third-order valence-corrected chi connectivity index (χ3v) is 3.31. The van der Waals surface area contributed by atoms with Crippen LogP contribution in [0.4, 0.5) is 14.5 Å². The summed E-state index contributed by atoms with van der Waals surface area (Å²) in [6.07, 6.45) is 0. The van der Waals surface area contributed by atoms with Gasteiger partial charge in [-0.05, 0) is 46.3 Å². The van der Waals surface area contributed by atoms with Crippen LogP contribution < -0.4 is 5.32 Å². The van der Waals surface area contributed by atoms with E-state index in [9.17, 15) is 18.4 Å². The lowest BCUT2D eigenvalue weighted by Crippen LogP contribution is -2.17. The molecule has 0 aliphatic heterocycles. The molecule has 0 atom stereocenters. The summed E-state index contributed by atoms with van der Waals surface area (Å²) >= 11 is 3.04. The molecule has 0 unspecified atom stereocenters. The first-order valence-electron chi connectivity index (χ1n) is 5.68. The maximum Gasteiger partial charge on any atom is 0.337 e. The van der Waals surface area contributed by atoms with Gasteiger partial charge in [-0.25, -0.2) is 13.6 Å². The maximum absolute atomic E-state index is 13.7. The summed E-state index contributed by atoms with van der Waals surface area (Å²) in [4.78, 5) is 23.1. The Morgan fingerprint density at radius 3 is 2.48 bits per heavy atom. The van der Waals surface area contributed by atoms with E-state index in [1.54, 1.807) is 0 Å². The average Bonchev–Trinajstić information content (AvgIpc) is 2.40. The lowest BCUT2D eigenvalue weighted by molar-refractivity contribution is 0.0697. The van der Waals surface area contributed by atoms with Crippen LogP contribution >= 0.6 is 15.9 Å². The van der Waals surface area contributed by atoms with Gasteiger partial charge in [0.05, 0.1) is 16.8 Å². The number of carboxylic acids is 1. The van der Waals surface area contributed by atoms with E-state index in [2.05, 4.69) is 21.2 Å². The Balaban J connectivity index is 2.39. The average molecular weight is 356 g/mol. The van der Waals surface area contributed by atoms with Crippen LogP contribution in [0.25, 0.3) is 0 Å². The molecule has 0 heterocycles. The lowest BCUT2D eigenvalue weighted by atomic mass is 10.1. The number of anilines is 1. The van der Waals surface area contributed by atoms with Crippen LogP contribution in [0.2, 0.25) is 0 Å². The summed E-state index contributed by atoms with van der Waals surface area (Å²) in [5.74, 6) is -3.76. The molecule has 0 fully saturated rings. The summed E-state index contributed by atoms with van der Waals surface area (Å²) in [5.41, 5.74) is -0.807. The summed E-state index contributed by atoms with van der Waals surface area (Å²) < 4.78 is 26.9. The zero-order chi connectivity index (χ0) is 15.6. The number of hydrogen-bond donors (Lipinski definition) is 2. The number of amides is 1. The Labute approximate surface area is 126 Å². The van der Waals surface area contributed by atoms with E-state index in [-0.39, 0.29) is 15.7 Å². The van der Waals surface area contributed by atoms with Crippen molar-refractivity contribution in [1.82, 2.24) is 0 Å². The van der Waals surface area contributed by atoms with Crippen LogP contribution in [0.1, 0.15) is 20.7 Å². The molecule has 1 amide bonds. The van der Waals surface area contributed by atoms with Crippen molar-refractivity contribution in [1.29, 1.82) is 0 Å². The maximum atomic E-state index is 13.7. The third-order valence-electron chi connectivity index (χ3n) is 2.65. The van der Waals surface area contributed by atoms with Crippen molar-refractivity contribution in [3.8, 4) is 0 Å². The topological polar surface area (TPSA) is 66.4 Å². The number of hydrogen-bond acceptors (Lipinski definition) is 2. The van der Waals surface area contributed by atoms with Gasteiger partial charge in [0.1, 0.15) is 11.6 Å². The molecule has 0 saturated carbocycles. The van der Waals surface area contributed by atoms with Crippen molar-refractivity contribution < 1.29 is 23.5 Å². The highest BCUT2D eigenvalue weighted by atomic mass is 79.9. The minimum Gasteiger partial charge on any atom is -0.478 e. The van der Waals surface area contributed by atoms with Gasteiger partial charge in [0.25, 0.3) is 5.91 Å². The molecule has 2 rings (SSSR count). The second-order valence-corrected chi connectivity index (χ2v) is 4.90. The highest BCUT2D eigenvalue weighted by molar-refractivity contribution is 9.10. The highest BCUT2D eigenvalue weighted by Gasteiger charge is 2.19. The van der Waals surface area contributed by atoms with E-state index in [0.29, 0.717) is 0 Å². The molecular formula is C14H8BrF2NO3. The van der Waals surface area contributed by atoms with Crippen molar-refractivity contribution in [2.45, 2.75) is 0 Å². The Bertz CT molecular complexity index is 714. The molecule has 4 nitrogen and oxygen atoms in total. The Kier molecular flexibility index (Phi) is 4.32. The van der Waals surface area contributed by atoms with Gasteiger partial charge >= 0.3 is 5.97 Å². The Hall–Kier alpha value is -2.28. The van der Waals surface area contributed by atoms with Crippen LogP contribution in [-0.4, -0.2) is 17.0 Å². The zero-order valence-electron chi connectivity index (χ0n) is 10.4. The number of rotatable bonds is 3.